The van der Waals surface area contributed by atoms with E-state index in [0.717, 1.165) is 0 Å². The fraction of sp³-hybridized carbons (Fsp3) is 1.00. The molecule has 9 nitrogen and oxygen atoms in total. The minimum Gasteiger partial charge on any atom is -0.378 e. The molecule has 0 aliphatic rings. The number of hydrogen-bond acceptors (Lipinski definition) is 9. The zero-order valence-corrected chi connectivity index (χ0v) is 16.3. The van der Waals surface area contributed by atoms with Gasteiger partial charge in [-0.05, 0) is 0 Å². The van der Waals surface area contributed by atoms with Crippen molar-refractivity contribution in [1.29, 1.82) is 0 Å². The molecule has 0 unspecified atom stereocenters. The predicted octanol–water partition coefficient (Wildman–Crippen LogP) is -1.03. The van der Waals surface area contributed by atoms with E-state index in [4.69, 9.17) is 45.6 Å². The fourth-order valence-corrected chi connectivity index (χ4v) is 1.99. The molecule has 158 valence electrons. The fourth-order valence-electron chi connectivity index (χ4n) is 1.99. The van der Waals surface area contributed by atoms with E-state index >= 15 is 0 Å². The van der Waals surface area contributed by atoms with Gasteiger partial charge in [0.2, 0.25) is 0 Å². The Hall–Kier alpha value is -0.360. The van der Waals surface area contributed by atoms with Crippen LogP contribution in [0.15, 0.2) is 0 Å². The summed E-state index contributed by atoms with van der Waals surface area (Å²) < 4.78 is 33.1. The minimum absolute atomic E-state index is 0.268. The summed E-state index contributed by atoms with van der Waals surface area (Å²) in [4.78, 5) is 0. The van der Waals surface area contributed by atoms with Gasteiger partial charge < -0.3 is 45.6 Å². The summed E-state index contributed by atoms with van der Waals surface area (Å²) >= 11 is 0. The first-order valence-corrected chi connectivity index (χ1v) is 9.25. The van der Waals surface area contributed by atoms with Crippen LogP contribution in [0.25, 0.3) is 0 Å². The maximum absolute atomic E-state index is 5.72. The summed E-state index contributed by atoms with van der Waals surface area (Å²) in [6.07, 6.45) is 0. The van der Waals surface area contributed by atoms with E-state index in [1.54, 1.807) is 0 Å². The van der Waals surface area contributed by atoms with Gasteiger partial charge >= 0.3 is 0 Å². The van der Waals surface area contributed by atoms with Crippen molar-refractivity contribution in [3.63, 3.8) is 0 Å². The molecular weight excluding hydrogens is 342 g/mol. The highest BCUT2D eigenvalue weighted by Gasteiger charge is 2.26. The van der Waals surface area contributed by atoms with Crippen LogP contribution in [0.4, 0.5) is 0 Å². The molecule has 0 saturated heterocycles. The Kier molecular flexibility index (Phi) is 19.1. The van der Waals surface area contributed by atoms with E-state index < -0.39 is 0 Å². The molecule has 26 heavy (non-hydrogen) atoms. The molecule has 0 heterocycles. The first-order valence-electron chi connectivity index (χ1n) is 9.25. The second-order valence-corrected chi connectivity index (χ2v) is 6.17. The zero-order chi connectivity index (χ0) is 19.3. The van der Waals surface area contributed by atoms with E-state index in [9.17, 15) is 0 Å². The van der Waals surface area contributed by atoms with E-state index in [0.29, 0.717) is 98.9 Å². The topological polar surface area (TPSA) is 133 Å². The molecule has 0 atom stereocenters. The molecule has 9 heteroatoms. The second-order valence-electron chi connectivity index (χ2n) is 6.17. The van der Waals surface area contributed by atoms with Crippen molar-refractivity contribution in [2.24, 2.45) is 22.6 Å². The minimum atomic E-state index is -0.268. The average molecular weight is 382 g/mol. The second kappa shape index (κ2) is 19.4. The van der Waals surface area contributed by atoms with Gasteiger partial charge in [-0.15, -0.1) is 0 Å². The molecule has 0 aromatic heterocycles. The molecule has 0 fully saturated rings. The Balaban J connectivity index is 4.02. The number of nitrogens with two attached hydrogens (primary N) is 3. The SMILES string of the molecule is CC(COCCOCCN)(COCCOCCN)COCCOCCN. The summed E-state index contributed by atoms with van der Waals surface area (Å²) in [6, 6.07) is 0. The van der Waals surface area contributed by atoms with E-state index in [1.807, 2.05) is 0 Å². The third-order valence-electron chi connectivity index (χ3n) is 3.25. The molecule has 0 bridgehead atoms. The van der Waals surface area contributed by atoms with Crippen LogP contribution in [0.1, 0.15) is 6.92 Å². The Bertz CT molecular complexity index is 246. The van der Waals surface area contributed by atoms with Crippen molar-refractivity contribution in [2.75, 3.05) is 98.9 Å². The number of ether oxygens (including phenoxy) is 6. The van der Waals surface area contributed by atoms with Crippen molar-refractivity contribution >= 4 is 0 Å². The molecule has 0 spiro atoms. The molecule has 0 aliphatic heterocycles. The molecule has 0 radical (unpaired) electrons. The highest BCUT2D eigenvalue weighted by molar-refractivity contribution is 4.73. The van der Waals surface area contributed by atoms with Crippen molar-refractivity contribution in [3.8, 4) is 0 Å². The van der Waals surface area contributed by atoms with Crippen LogP contribution in [-0.4, -0.2) is 98.9 Å². The zero-order valence-electron chi connectivity index (χ0n) is 16.3. The van der Waals surface area contributed by atoms with Gasteiger partial charge in [-0.3, -0.25) is 0 Å². The third-order valence-corrected chi connectivity index (χ3v) is 3.25. The number of hydrogen-bond donors (Lipinski definition) is 3. The Labute approximate surface area is 157 Å². The van der Waals surface area contributed by atoms with Crippen LogP contribution in [0.3, 0.4) is 0 Å². The van der Waals surface area contributed by atoms with E-state index in [-0.39, 0.29) is 5.41 Å². The predicted molar refractivity (Wildman–Crippen MR) is 100 cm³/mol. The first kappa shape index (κ1) is 25.6. The standard InChI is InChI=1S/C17H39N3O6/c1-17(14-24-11-8-21-5-2-18,15-25-12-9-22-6-3-19)16-26-13-10-23-7-4-20/h2-16,18-20H2,1H3. The molecule has 6 N–H and O–H groups in total. The first-order chi connectivity index (χ1) is 12.7. The highest BCUT2D eigenvalue weighted by Crippen LogP contribution is 2.18. The number of rotatable bonds is 21. The molecular formula is C17H39N3O6. The summed E-state index contributed by atoms with van der Waals surface area (Å²) in [5.74, 6) is 0. The maximum Gasteiger partial charge on any atom is 0.0701 e. The van der Waals surface area contributed by atoms with Crippen LogP contribution < -0.4 is 17.2 Å². The summed E-state index contributed by atoms with van der Waals surface area (Å²) in [5, 5.41) is 0. The van der Waals surface area contributed by atoms with Crippen molar-refractivity contribution < 1.29 is 28.4 Å². The highest BCUT2D eigenvalue weighted by atomic mass is 16.5. The normalized spacial score (nSPS) is 12.0. The van der Waals surface area contributed by atoms with Crippen LogP contribution >= 0.6 is 0 Å². The van der Waals surface area contributed by atoms with Gasteiger partial charge in [-0.1, -0.05) is 6.92 Å². The molecule has 0 aromatic carbocycles. The van der Waals surface area contributed by atoms with Crippen molar-refractivity contribution in [1.82, 2.24) is 0 Å². The average Bonchev–Trinajstić information content (AvgIpc) is 2.64. The molecule has 0 aliphatic carbocycles. The molecule has 0 saturated carbocycles. The molecule has 0 aromatic rings. The largest absolute Gasteiger partial charge is 0.378 e. The van der Waals surface area contributed by atoms with E-state index in [2.05, 4.69) is 6.92 Å². The van der Waals surface area contributed by atoms with Gasteiger partial charge in [0.25, 0.3) is 0 Å². The van der Waals surface area contributed by atoms with Crippen LogP contribution in [0, 0.1) is 5.41 Å². The van der Waals surface area contributed by atoms with Crippen molar-refractivity contribution in [2.45, 2.75) is 6.92 Å². The Morgan fingerprint density at radius 2 is 0.731 bits per heavy atom. The lowest BCUT2D eigenvalue weighted by Crippen LogP contribution is -2.35. The Morgan fingerprint density at radius 3 is 1.00 bits per heavy atom. The van der Waals surface area contributed by atoms with Crippen LogP contribution in [-0.2, 0) is 28.4 Å². The van der Waals surface area contributed by atoms with Gasteiger partial charge in [0.1, 0.15) is 0 Å². The quantitative estimate of drug-likeness (QED) is 0.213. The van der Waals surface area contributed by atoms with Gasteiger partial charge in [0.15, 0.2) is 0 Å². The summed E-state index contributed by atoms with van der Waals surface area (Å²) in [7, 11) is 0. The van der Waals surface area contributed by atoms with Gasteiger partial charge in [0, 0.05) is 25.0 Å². The van der Waals surface area contributed by atoms with Crippen molar-refractivity contribution in [3.05, 3.63) is 0 Å². The van der Waals surface area contributed by atoms with Crippen LogP contribution in [0.2, 0.25) is 0 Å². The van der Waals surface area contributed by atoms with Gasteiger partial charge in [0.05, 0.1) is 79.3 Å². The van der Waals surface area contributed by atoms with Gasteiger partial charge in [-0.25, -0.2) is 0 Å². The molecule has 0 rings (SSSR count). The third kappa shape index (κ3) is 17.1. The lowest BCUT2D eigenvalue weighted by molar-refractivity contribution is -0.0789. The lowest BCUT2D eigenvalue weighted by Gasteiger charge is -2.29. The van der Waals surface area contributed by atoms with Crippen LogP contribution in [0.5, 0.6) is 0 Å². The maximum atomic E-state index is 5.72. The summed E-state index contributed by atoms with van der Waals surface area (Å²) in [5.41, 5.74) is 15.9. The monoisotopic (exact) mass is 381 g/mol. The van der Waals surface area contributed by atoms with Gasteiger partial charge in [-0.2, -0.15) is 0 Å². The molecule has 0 amide bonds. The Morgan fingerprint density at radius 1 is 0.462 bits per heavy atom. The van der Waals surface area contributed by atoms with E-state index in [1.165, 1.54) is 0 Å². The lowest BCUT2D eigenvalue weighted by atomic mass is 9.94. The summed E-state index contributed by atoms with van der Waals surface area (Å²) in [6.45, 7) is 9.83. The smallest absolute Gasteiger partial charge is 0.0701 e.